The van der Waals surface area contributed by atoms with Gasteiger partial charge in [0.1, 0.15) is 5.76 Å². The van der Waals surface area contributed by atoms with E-state index < -0.39 is 65.7 Å². The van der Waals surface area contributed by atoms with Gasteiger partial charge in [-0.1, -0.05) is 43.3 Å². The van der Waals surface area contributed by atoms with Crippen molar-refractivity contribution in [3.63, 3.8) is 0 Å². The summed E-state index contributed by atoms with van der Waals surface area (Å²) >= 11 is 0. The second-order valence-electron chi connectivity index (χ2n) is 12.5. The van der Waals surface area contributed by atoms with Crippen LogP contribution in [-0.2, 0) is 45.2 Å². The number of carbonyl (C=O) groups is 4. The SMILES string of the molecule is COc1ccc2c3c1O[C@H]1C(OC(=O)C[C@H](O)C(=O)O[C@@H](C)C(=O)O[C@H](C(=O)O)c4ccccc4)=CC[C@@]4(O)[C@@H](C2)C(C)CC[C@]314. The Morgan fingerprint density at radius 1 is 1.07 bits per heavy atom. The van der Waals surface area contributed by atoms with E-state index >= 15 is 0 Å². The first-order chi connectivity index (χ1) is 21.9. The van der Waals surface area contributed by atoms with Crippen LogP contribution in [0.1, 0.15) is 62.3 Å². The van der Waals surface area contributed by atoms with Crippen LogP contribution < -0.4 is 9.47 Å². The maximum atomic E-state index is 13.0. The molecular formula is C34H36O12. The highest BCUT2D eigenvalue weighted by Crippen LogP contribution is 2.68. The monoisotopic (exact) mass is 636 g/mol. The van der Waals surface area contributed by atoms with Crippen molar-refractivity contribution in [1.82, 2.24) is 0 Å². The zero-order valence-electron chi connectivity index (χ0n) is 25.6. The lowest BCUT2D eigenvalue weighted by Crippen LogP contribution is -2.69. The van der Waals surface area contributed by atoms with E-state index in [2.05, 4.69) is 6.92 Å². The molecule has 2 aromatic carbocycles. The molecule has 46 heavy (non-hydrogen) atoms. The van der Waals surface area contributed by atoms with Gasteiger partial charge in [-0.25, -0.2) is 14.4 Å². The highest BCUT2D eigenvalue weighted by Gasteiger charge is 2.72. The second-order valence-corrected chi connectivity index (χ2v) is 12.5. The molecule has 1 aliphatic heterocycles. The van der Waals surface area contributed by atoms with Crippen LogP contribution in [0, 0.1) is 11.8 Å². The van der Waals surface area contributed by atoms with Gasteiger partial charge in [0.25, 0.3) is 0 Å². The standard InChI is InChI=1S/C34H36O12/c1-17-11-13-33-26-20-9-10-23(42-3)28(26)45-29(33)24(12-14-34(33,41)21(17)15-20)44-25(36)16-22(35)32(40)43-18(2)31(39)46-27(30(37)38)19-7-5-4-6-8-19/h4-10,12,17-18,21-22,27,29,35,41H,11,13-16H2,1-3H3,(H,37,38)/t17?,18-,21-,22-,27-,29-,33-,34+/m0/s1. The van der Waals surface area contributed by atoms with Crippen LogP contribution in [0.4, 0.5) is 0 Å². The third-order valence-electron chi connectivity index (χ3n) is 9.99. The van der Waals surface area contributed by atoms with Gasteiger partial charge in [0.2, 0.25) is 6.10 Å². The van der Waals surface area contributed by atoms with Crippen LogP contribution in [0.3, 0.4) is 0 Å². The summed E-state index contributed by atoms with van der Waals surface area (Å²) in [6, 6.07) is 11.6. The Morgan fingerprint density at radius 2 is 1.80 bits per heavy atom. The number of benzene rings is 2. The Balaban J connectivity index is 1.13. The van der Waals surface area contributed by atoms with Crippen molar-refractivity contribution in [3.05, 3.63) is 71.0 Å². The number of hydrogen-bond donors (Lipinski definition) is 3. The average Bonchev–Trinajstić information content (AvgIpc) is 3.39. The molecule has 2 bridgehead atoms. The highest BCUT2D eigenvalue weighted by molar-refractivity contribution is 5.86. The van der Waals surface area contributed by atoms with Crippen LogP contribution in [0.25, 0.3) is 0 Å². The summed E-state index contributed by atoms with van der Waals surface area (Å²) in [5, 5.41) is 32.3. The minimum absolute atomic E-state index is 0.0311. The molecule has 3 N–H and O–H groups in total. The number of esters is 3. The Hall–Kier alpha value is -4.42. The van der Waals surface area contributed by atoms with Gasteiger partial charge in [-0.2, -0.15) is 0 Å². The number of aliphatic hydroxyl groups excluding tert-OH is 1. The first-order valence-electron chi connectivity index (χ1n) is 15.3. The molecule has 8 atom stereocenters. The van der Waals surface area contributed by atoms with E-state index in [4.69, 9.17) is 23.7 Å². The molecule has 6 rings (SSSR count). The number of carbonyl (C=O) groups excluding carboxylic acids is 3. The van der Waals surface area contributed by atoms with E-state index in [1.54, 1.807) is 24.3 Å². The van der Waals surface area contributed by atoms with Crippen molar-refractivity contribution in [3.8, 4) is 11.5 Å². The van der Waals surface area contributed by atoms with Crippen molar-refractivity contribution in [2.45, 2.75) is 81.4 Å². The number of aliphatic hydroxyl groups is 2. The molecule has 0 saturated heterocycles. The Kier molecular flexibility index (Phi) is 8.06. The number of carboxylic acid groups (broad SMARTS) is 1. The third kappa shape index (κ3) is 4.91. The summed E-state index contributed by atoms with van der Waals surface area (Å²) in [4.78, 5) is 49.8. The molecule has 12 heteroatoms. The fourth-order valence-corrected chi connectivity index (χ4v) is 7.78. The molecule has 3 aliphatic carbocycles. The molecule has 1 spiro atoms. The summed E-state index contributed by atoms with van der Waals surface area (Å²) < 4.78 is 27.7. The minimum Gasteiger partial charge on any atom is -0.493 e. The molecule has 1 unspecified atom stereocenters. The molecule has 4 aliphatic rings. The largest absolute Gasteiger partial charge is 0.493 e. The highest BCUT2D eigenvalue weighted by atomic mass is 16.6. The average molecular weight is 637 g/mol. The Labute approximate surface area is 264 Å². The topological polar surface area (TPSA) is 175 Å². The fourth-order valence-electron chi connectivity index (χ4n) is 7.78. The molecule has 1 heterocycles. The van der Waals surface area contributed by atoms with Crippen molar-refractivity contribution in [2.24, 2.45) is 11.8 Å². The lowest BCUT2D eigenvalue weighted by molar-refractivity contribution is -0.180. The van der Waals surface area contributed by atoms with Gasteiger partial charge >= 0.3 is 23.9 Å². The molecule has 244 valence electrons. The summed E-state index contributed by atoms with van der Waals surface area (Å²) in [7, 11) is 1.54. The quantitative estimate of drug-likeness (QED) is 0.257. The van der Waals surface area contributed by atoms with Gasteiger partial charge in [0, 0.05) is 11.1 Å². The molecule has 2 aromatic rings. The summed E-state index contributed by atoms with van der Waals surface area (Å²) in [5.41, 5.74) is 0.148. The van der Waals surface area contributed by atoms with Crippen LogP contribution in [0.15, 0.2) is 54.3 Å². The van der Waals surface area contributed by atoms with E-state index in [9.17, 15) is 34.5 Å². The number of hydrogen-bond acceptors (Lipinski definition) is 11. The zero-order chi connectivity index (χ0) is 33.0. The molecule has 1 fully saturated rings. The summed E-state index contributed by atoms with van der Waals surface area (Å²) in [5.74, 6) is -3.39. The van der Waals surface area contributed by atoms with E-state index in [0.717, 1.165) is 24.5 Å². The van der Waals surface area contributed by atoms with Gasteiger partial charge in [0.15, 0.2) is 29.8 Å². The van der Waals surface area contributed by atoms with Crippen molar-refractivity contribution < 1.29 is 58.2 Å². The molecule has 0 aromatic heterocycles. The predicted molar refractivity (Wildman–Crippen MR) is 158 cm³/mol. The Morgan fingerprint density at radius 3 is 2.50 bits per heavy atom. The lowest BCUT2D eigenvalue weighted by atomic mass is 9.45. The lowest BCUT2D eigenvalue weighted by Gasteiger charge is -2.61. The zero-order valence-corrected chi connectivity index (χ0v) is 25.6. The molecule has 0 amide bonds. The van der Waals surface area contributed by atoms with Crippen molar-refractivity contribution in [1.29, 1.82) is 0 Å². The maximum absolute atomic E-state index is 13.0. The summed E-state index contributed by atoms with van der Waals surface area (Å²) in [6.07, 6.45) is -2.84. The van der Waals surface area contributed by atoms with Gasteiger partial charge < -0.3 is 39.0 Å². The number of aliphatic carboxylic acids is 1. The molecular weight excluding hydrogens is 600 g/mol. The van der Waals surface area contributed by atoms with Crippen molar-refractivity contribution in [2.75, 3.05) is 7.11 Å². The number of carboxylic acids is 1. The first-order valence-corrected chi connectivity index (χ1v) is 15.3. The maximum Gasteiger partial charge on any atom is 0.349 e. The normalized spacial score (nSPS) is 28.7. The molecule has 1 saturated carbocycles. The third-order valence-corrected chi connectivity index (χ3v) is 9.99. The number of rotatable bonds is 10. The van der Waals surface area contributed by atoms with E-state index in [1.807, 2.05) is 12.1 Å². The second kappa shape index (κ2) is 11.7. The molecule has 12 nitrogen and oxygen atoms in total. The fraction of sp³-hybridized carbons (Fsp3) is 0.471. The van der Waals surface area contributed by atoms with Crippen LogP contribution in [0.2, 0.25) is 0 Å². The van der Waals surface area contributed by atoms with E-state index in [0.29, 0.717) is 24.3 Å². The van der Waals surface area contributed by atoms with Gasteiger partial charge in [-0.3, -0.25) is 4.79 Å². The van der Waals surface area contributed by atoms with Crippen LogP contribution in [0.5, 0.6) is 11.5 Å². The van der Waals surface area contributed by atoms with Gasteiger partial charge in [-0.05, 0) is 62.1 Å². The molecule has 0 radical (unpaired) electrons. The first kappa shape index (κ1) is 31.6. The smallest absolute Gasteiger partial charge is 0.349 e. The van der Waals surface area contributed by atoms with Crippen molar-refractivity contribution >= 4 is 23.9 Å². The van der Waals surface area contributed by atoms with E-state index in [1.165, 1.54) is 19.2 Å². The summed E-state index contributed by atoms with van der Waals surface area (Å²) in [6.45, 7) is 3.30. The van der Waals surface area contributed by atoms with Crippen LogP contribution in [-0.4, -0.2) is 70.2 Å². The predicted octanol–water partition coefficient (Wildman–Crippen LogP) is 2.91. The number of methoxy groups -OCH3 is 1. The van der Waals surface area contributed by atoms with E-state index in [-0.39, 0.29) is 29.6 Å². The van der Waals surface area contributed by atoms with Crippen LogP contribution >= 0.6 is 0 Å². The van der Waals surface area contributed by atoms with Gasteiger partial charge in [0.05, 0.1) is 24.5 Å². The minimum atomic E-state index is -1.99. The Bertz CT molecular complexity index is 1600. The van der Waals surface area contributed by atoms with Gasteiger partial charge in [-0.15, -0.1) is 0 Å². The number of ether oxygens (including phenoxy) is 5.